The van der Waals surface area contributed by atoms with Gasteiger partial charge in [0.2, 0.25) is 5.91 Å². The lowest BCUT2D eigenvalue weighted by Gasteiger charge is -2.33. The van der Waals surface area contributed by atoms with E-state index in [1.54, 1.807) is 0 Å². The van der Waals surface area contributed by atoms with Crippen LogP contribution in [0, 0.1) is 5.92 Å². The highest BCUT2D eigenvalue weighted by atomic mass is 16.1. The Balaban J connectivity index is 1.40. The van der Waals surface area contributed by atoms with Gasteiger partial charge in [0, 0.05) is 43.3 Å². The third-order valence-corrected chi connectivity index (χ3v) is 5.42. The lowest BCUT2D eigenvalue weighted by molar-refractivity contribution is -0.120. The number of carbonyl (C=O) groups is 1. The molecule has 5 nitrogen and oxygen atoms in total. The lowest BCUT2D eigenvalue weighted by atomic mass is 9.95. The topological polar surface area (TPSA) is 50.2 Å². The number of hydrogen-bond acceptors (Lipinski definition) is 3. The monoisotopic (exact) mass is 374 g/mol. The second-order valence-electron chi connectivity index (χ2n) is 7.24. The molecule has 144 valence electrons. The van der Waals surface area contributed by atoms with Crippen molar-refractivity contribution >= 4 is 17.4 Å². The third-order valence-electron chi connectivity index (χ3n) is 5.42. The number of benzene rings is 1. The first-order valence-corrected chi connectivity index (χ1v) is 9.97. The molecule has 1 saturated heterocycles. The molecule has 1 aliphatic heterocycles. The SMILES string of the molecule is CCc1cccc(NC(=O)C2CCN(c3ncccc3-n3cccc3)CC2)c1. The summed E-state index contributed by atoms with van der Waals surface area (Å²) in [5.74, 6) is 1.15. The first-order valence-electron chi connectivity index (χ1n) is 9.97. The van der Waals surface area contributed by atoms with Crippen molar-refractivity contribution in [3.05, 3.63) is 72.7 Å². The van der Waals surface area contributed by atoms with Crippen molar-refractivity contribution in [1.29, 1.82) is 0 Å². The average molecular weight is 374 g/mol. The molecule has 1 N–H and O–H groups in total. The van der Waals surface area contributed by atoms with Crippen LogP contribution < -0.4 is 10.2 Å². The van der Waals surface area contributed by atoms with Gasteiger partial charge in [-0.3, -0.25) is 4.79 Å². The maximum atomic E-state index is 12.7. The minimum Gasteiger partial charge on any atom is -0.355 e. The number of anilines is 2. The largest absolute Gasteiger partial charge is 0.355 e. The van der Waals surface area contributed by atoms with E-state index in [1.807, 2.05) is 48.9 Å². The molecule has 1 amide bonds. The molecule has 0 radical (unpaired) electrons. The molecule has 0 saturated carbocycles. The van der Waals surface area contributed by atoms with Gasteiger partial charge in [0.25, 0.3) is 0 Å². The Morgan fingerprint density at radius 2 is 1.89 bits per heavy atom. The highest BCUT2D eigenvalue weighted by Crippen LogP contribution is 2.27. The number of nitrogens with zero attached hydrogens (tertiary/aromatic N) is 3. The lowest BCUT2D eigenvalue weighted by Crippen LogP contribution is -2.39. The van der Waals surface area contributed by atoms with Gasteiger partial charge in [-0.1, -0.05) is 19.1 Å². The number of nitrogens with one attached hydrogen (secondary N) is 1. The zero-order valence-corrected chi connectivity index (χ0v) is 16.2. The maximum absolute atomic E-state index is 12.7. The highest BCUT2D eigenvalue weighted by molar-refractivity contribution is 5.92. The maximum Gasteiger partial charge on any atom is 0.227 e. The van der Waals surface area contributed by atoms with Crippen molar-refractivity contribution in [2.24, 2.45) is 5.92 Å². The van der Waals surface area contributed by atoms with Crippen LogP contribution in [-0.2, 0) is 11.2 Å². The van der Waals surface area contributed by atoms with Crippen LogP contribution in [0.25, 0.3) is 5.69 Å². The van der Waals surface area contributed by atoms with Gasteiger partial charge in [-0.05, 0) is 61.2 Å². The molecule has 3 heterocycles. The van der Waals surface area contributed by atoms with Crippen molar-refractivity contribution in [2.45, 2.75) is 26.2 Å². The molecule has 5 heteroatoms. The van der Waals surface area contributed by atoms with E-state index >= 15 is 0 Å². The van der Waals surface area contributed by atoms with Crippen LogP contribution >= 0.6 is 0 Å². The van der Waals surface area contributed by atoms with Gasteiger partial charge < -0.3 is 14.8 Å². The van der Waals surface area contributed by atoms with Crippen LogP contribution in [0.1, 0.15) is 25.3 Å². The minimum absolute atomic E-state index is 0.0419. The van der Waals surface area contributed by atoms with Gasteiger partial charge in [-0.15, -0.1) is 0 Å². The number of rotatable bonds is 5. The quantitative estimate of drug-likeness (QED) is 0.725. The fourth-order valence-electron chi connectivity index (χ4n) is 3.80. The number of aryl methyl sites for hydroxylation is 1. The zero-order chi connectivity index (χ0) is 19.3. The summed E-state index contributed by atoms with van der Waals surface area (Å²) in [4.78, 5) is 19.6. The van der Waals surface area contributed by atoms with E-state index in [4.69, 9.17) is 0 Å². The number of amides is 1. The fraction of sp³-hybridized carbons (Fsp3) is 0.304. The summed E-state index contributed by atoms with van der Waals surface area (Å²) < 4.78 is 2.09. The van der Waals surface area contributed by atoms with Crippen LogP contribution in [0.15, 0.2) is 67.1 Å². The predicted molar refractivity (Wildman–Crippen MR) is 113 cm³/mol. The van der Waals surface area contributed by atoms with Gasteiger partial charge in [0.1, 0.15) is 0 Å². The summed E-state index contributed by atoms with van der Waals surface area (Å²) in [7, 11) is 0. The third kappa shape index (κ3) is 3.93. The summed E-state index contributed by atoms with van der Waals surface area (Å²) in [6.07, 6.45) is 8.54. The van der Waals surface area contributed by atoms with Crippen molar-refractivity contribution < 1.29 is 4.79 Å². The Bertz CT molecular complexity index is 927. The zero-order valence-electron chi connectivity index (χ0n) is 16.2. The minimum atomic E-state index is 0.0419. The smallest absolute Gasteiger partial charge is 0.227 e. The van der Waals surface area contributed by atoms with Gasteiger partial charge in [-0.25, -0.2) is 4.98 Å². The molecular weight excluding hydrogens is 348 g/mol. The molecule has 4 rings (SSSR count). The molecule has 1 aromatic carbocycles. The highest BCUT2D eigenvalue weighted by Gasteiger charge is 2.27. The molecule has 28 heavy (non-hydrogen) atoms. The summed E-state index contributed by atoms with van der Waals surface area (Å²) in [5.41, 5.74) is 3.21. The normalized spacial score (nSPS) is 14.8. The van der Waals surface area contributed by atoms with Crippen LogP contribution in [0.4, 0.5) is 11.5 Å². The van der Waals surface area contributed by atoms with Crippen molar-refractivity contribution in [1.82, 2.24) is 9.55 Å². The molecule has 0 bridgehead atoms. The van der Waals surface area contributed by atoms with E-state index in [0.29, 0.717) is 0 Å². The summed E-state index contributed by atoms with van der Waals surface area (Å²) in [5, 5.41) is 3.10. The summed E-state index contributed by atoms with van der Waals surface area (Å²) in [6, 6.07) is 16.2. The van der Waals surface area contributed by atoms with Gasteiger partial charge in [-0.2, -0.15) is 0 Å². The van der Waals surface area contributed by atoms with Gasteiger partial charge >= 0.3 is 0 Å². The van der Waals surface area contributed by atoms with Crippen molar-refractivity contribution in [3.63, 3.8) is 0 Å². The van der Waals surface area contributed by atoms with E-state index in [2.05, 4.69) is 44.9 Å². The first kappa shape index (κ1) is 18.3. The summed E-state index contributed by atoms with van der Waals surface area (Å²) in [6.45, 7) is 3.78. The number of aromatic nitrogens is 2. The van der Waals surface area contributed by atoms with Crippen molar-refractivity contribution in [2.75, 3.05) is 23.3 Å². The number of carbonyl (C=O) groups excluding carboxylic acids is 1. The van der Waals surface area contributed by atoms with Crippen LogP contribution in [0.3, 0.4) is 0 Å². The average Bonchev–Trinajstić information content (AvgIpc) is 3.29. The fourth-order valence-corrected chi connectivity index (χ4v) is 3.80. The van der Waals surface area contributed by atoms with Gasteiger partial charge in [0.15, 0.2) is 5.82 Å². The predicted octanol–water partition coefficient (Wildman–Crippen LogP) is 4.29. The van der Waals surface area contributed by atoms with E-state index in [1.165, 1.54) is 5.56 Å². The van der Waals surface area contributed by atoms with E-state index < -0.39 is 0 Å². The van der Waals surface area contributed by atoms with Gasteiger partial charge in [0.05, 0.1) is 5.69 Å². The Morgan fingerprint density at radius 1 is 1.11 bits per heavy atom. The molecule has 0 atom stereocenters. The Labute approximate surface area is 166 Å². The molecule has 1 aliphatic rings. The van der Waals surface area contributed by atoms with Crippen LogP contribution in [0.5, 0.6) is 0 Å². The molecule has 1 fully saturated rings. The second kappa shape index (κ2) is 8.30. The second-order valence-corrected chi connectivity index (χ2v) is 7.24. The number of hydrogen-bond donors (Lipinski definition) is 1. The molecule has 0 unspecified atom stereocenters. The number of pyridine rings is 1. The van der Waals surface area contributed by atoms with E-state index in [0.717, 1.165) is 49.5 Å². The Kier molecular flexibility index (Phi) is 5.42. The van der Waals surface area contributed by atoms with Crippen LogP contribution in [-0.4, -0.2) is 28.5 Å². The molecule has 0 aliphatic carbocycles. The van der Waals surface area contributed by atoms with Crippen LogP contribution in [0.2, 0.25) is 0 Å². The molecular formula is C23H26N4O. The number of piperidine rings is 1. The van der Waals surface area contributed by atoms with E-state index in [9.17, 15) is 4.79 Å². The Hall–Kier alpha value is -3.08. The summed E-state index contributed by atoms with van der Waals surface area (Å²) >= 11 is 0. The molecule has 0 spiro atoms. The molecule has 3 aromatic rings. The first-order chi connectivity index (χ1) is 13.7. The standard InChI is InChI=1S/C23H26N4O/c1-2-18-7-5-8-20(17-18)25-23(28)19-10-15-27(16-11-19)22-21(9-6-12-24-22)26-13-3-4-14-26/h3-9,12-14,17,19H,2,10-11,15-16H2,1H3,(H,25,28). The molecule has 2 aromatic heterocycles. The Morgan fingerprint density at radius 3 is 2.64 bits per heavy atom. The van der Waals surface area contributed by atoms with Crippen molar-refractivity contribution in [3.8, 4) is 5.69 Å². The van der Waals surface area contributed by atoms with E-state index in [-0.39, 0.29) is 11.8 Å².